The number of hydrogen-bond acceptors (Lipinski definition) is 2. The second kappa shape index (κ2) is 8.22. The minimum atomic E-state index is 0.533. The van der Waals surface area contributed by atoms with Crippen LogP contribution in [0, 0.1) is 0 Å². The smallest absolute Gasteiger partial charge is 0.204 e. The number of aromatic nitrogens is 2. The van der Waals surface area contributed by atoms with Gasteiger partial charge in [0.2, 0.25) is 5.95 Å². The minimum Gasteiger partial charge on any atom is -0.352 e. The molecule has 3 aromatic carbocycles. The van der Waals surface area contributed by atoms with E-state index in [0.717, 1.165) is 28.1 Å². The number of nitrogens with one attached hydrogen (secondary N) is 1. The van der Waals surface area contributed by atoms with Gasteiger partial charge in [-0.1, -0.05) is 70.7 Å². The van der Waals surface area contributed by atoms with E-state index in [-0.39, 0.29) is 0 Å². The van der Waals surface area contributed by atoms with Crippen LogP contribution in [0.15, 0.2) is 60.7 Å². The molecule has 0 unspecified atom stereocenters. The highest BCUT2D eigenvalue weighted by Gasteiger charge is 2.12. The molecule has 0 aliphatic carbocycles. The lowest BCUT2D eigenvalue weighted by Crippen LogP contribution is -2.08. The summed E-state index contributed by atoms with van der Waals surface area (Å²) in [6.07, 6.45) is 0. The summed E-state index contributed by atoms with van der Waals surface area (Å²) in [6, 6.07) is 19.2. The fourth-order valence-corrected chi connectivity index (χ4v) is 3.66. The lowest BCUT2D eigenvalue weighted by molar-refractivity contribution is 0.822. The van der Waals surface area contributed by atoms with Gasteiger partial charge in [0.15, 0.2) is 0 Å². The first kappa shape index (κ1) is 19.4. The molecule has 4 aromatic rings. The van der Waals surface area contributed by atoms with E-state index >= 15 is 0 Å². The van der Waals surface area contributed by atoms with Crippen molar-refractivity contribution in [2.75, 3.05) is 5.32 Å². The van der Waals surface area contributed by atoms with Gasteiger partial charge < -0.3 is 9.88 Å². The van der Waals surface area contributed by atoms with Crippen molar-refractivity contribution in [3.63, 3.8) is 0 Å². The molecule has 0 spiro atoms. The molecule has 1 heterocycles. The van der Waals surface area contributed by atoms with Crippen LogP contribution >= 0.6 is 46.4 Å². The van der Waals surface area contributed by atoms with Crippen molar-refractivity contribution in [2.45, 2.75) is 13.1 Å². The largest absolute Gasteiger partial charge is 0.352 e. The van der Waals surface area contributed by atoms with E-state index in [1.807, 2.05) is 48.5 Å². The summed E-state index contributed by atoms with van der Waals surface area (Å²) in [7, 11) is 0. The highest BCUT2D eigenvalue weighted by molar-refractivity contribution is 6.42. The Balaban J connectivity index is 1.66. The van der Waals surface area contributed by atoms with Crippen LogP contribution in [0.2, 0.25) is 20.1 Å². The average molecular weight is 451 g/mol. The van der Waals surface area contributed by atoms with Crippen molar-refractivity contribution >= 4 is 63.4 Å². The van der Waals surface area contributed by atoms with Gasteiger partial charge in [-0.3, -0.25) is 0 Å². The molecular formula is C21H15Cl4N3. The predicted octanol–water partition coefficient (Wildman–Crippen LogP) is 7.31. The average Bonchev–Trinajstić information content (AvgIpc) is 3.03. The Morgan fingerprint density at radius 1 is 0.750 bits per heavy atom. The van der Waals surface area contributed by atoms with Crippen molar-refractivity contribution in [1.82, 2.24) is 9.55 Å². The number of halogens is 4. The summed E-state index contributed by atoms with van der Waals surface area (Å²) < 4.78 is 2.12. The number of imidazole rings is 1. The minimum absolute atomic E-state index is 0.533. The first-order chi connectivity index (χ1) is 13.5. The van der Waals surface area contributed by atoms with Gasteiger partial charge in [-0.25, -0.2) is 4.98 Å². The van der Waals surface area contributed by atoms with Gasteiger partial charge in [-0.15, -0.1) is 0 Å². The van der Waals surface area contributed by atoms with Gasteiger partial charge in [-0.05, 0) is 47.5 Å². The molecule has 0 saturated heterocycles. The number of rotatable bonds is 5. The molecular weight excluding hydrogens is 436 g/mol. The highest BCUT2D eigenvalue weighted by Crippen LogP contribution is 2.27. The van der Waals surface area contributed by atoms with Crippen LogP contribution in [0.5, 0.6) is 0 Å². The van der Waals surface area contributed by atoms with E-state index in [1.54, 1.807) is 12.1 Å². The Bertz CT molecular complexity index is 1150. The molecule has 0 atom stereocenters. The third-order valence-electron chi connectivity index (χ3n) is 4.41. The van der Waals surface area contributed by atoms with E-state index < -0.39 is 0 Å². The first-order valence-corrected chi connectivity index (χ1v) is 10.1. The first-order valence-electron chi connectivity index (χ1n) is 8.58. The lowest BCUT2D eigenvalue weighted by Gasteiger charge is -2.12. The van der Waals surface area contributed by atoms with Crippen LogP contribution in [0.4, 0.5) is 5.95 Å². The van der Waals surface area contributed by atoms with E-state index in [0.29, 0.717) is 33.2 Å². The summed E-state index contributed by atoms with van der Waals surface area (Å²) in [4.78, 5) is 4.74. The maximum Gasteiger partial charge on any atom is 0.204 e. The van der Waals surface area contributed by atoms with Crippen LogP contribution in [0.25, 0.3) is 11.0 Å². The summed E-state index contributed by atoms with van der Waals surface area (Å²) in [5.74, 6) is 0.762. The zero-order valence-corrected chi connectivity index (χ0v) is 17.6. The summed E-state index contributed by atoms with van der Waals surface area (Å²) in [5.41, 5.74) is 4.00. The monoisotopic (exact) mass is 449 g/mol. The SMILES string of the molecule is Clc1ccc(CNc2nc3ccccc3n2Cc2ccc(Cl)c(Cl)c2)cc1Cl. The molecule has 0 amide bonds. The van der Waals surface area contributed by atoms with Crippen molar-refractivity contribution in [3.8, 4) is 0 Å². The number of nitrogens with zero attached hydrogens (tertiary/aromatic N) is 2. The molecule has 4 rings (SSSR count). The molecule has 3 nitrogen and oxygen atoms in total. The molecule has 0 saturated carbocycles. The molecule has 0 fully saturated rings. The zero-order valence-electron chi connectivity index (χ0n) is 14.6. The predicted molar refractivity (Wildman–Crippen MR) is 119 cm³/mol. The lowest BCUT2D eigenvalue weighted by atomic mass is 10.2. The topological polar surface area (TPSA) is 29.9 Å². The Morgan fingerprint density at radius 3 is 2.11 bits per heavy atom. The Kier molecular flexibility index (Phi) is 5.70. The van der Waals surface area contributed by atoms with Gasteiger partial charge in [0.05, 0.1) is 37.7 Å². The van der Waals surface area contributed by atoms with Gasteiger partial charge in [-0.2, -0.15) is 0 Å². The molecule has 1 aromatic heterocycles. The number of para-hydroxylation sites is 2. The van der Waals surface area contributed by atoms with Crippen molar-refractivity contribution in [1.29, 1.82) is 0 Å². The molecule has 28 heavy (non-hydrogen) atoms. The van der Waals surface area contributed by atoms with E-state index in [1.165, 1.54) is 0 Å². The zero-order chi connectivity index (χ0) is 19.7. The number of benzene rings is 3. The standard InChI is InChI=1S/C21H15Cl4N3/c22-15-7-5-13(9-17(15)24)11-26-21-27-19-3-1-2-4-20(19)28(21)12-14-6-8-16(23)18(25)10-14/h1-10H,11-12H2,(H,26,27). The Morgan fingerprint density at radius 2 is 1.39 bits per heavy atom. The molecule has 142 valence electrons. The summed E-state index contributed by atoms with van der Waals surface area (Å²) >= 11 is 24.4. The maximum absolute atomic E-state index is 6.19. The summed E-state index contributed by atoms with van der Waals surface area (Å²) in [5, 5.41) is 5.55. The van der Waals surface area contributed by atoms with E-state index in [9.17, 15) is 0 Å². The molecule has 0 radical (unpaired) electrons. The molecule has 0 aliphatic heterocycles. The third kappa shape index (κ3) is 4.08. The van der Waals surface area contributed by atoms with E-state index in [4.69, 9.17) is 51.4 Å². The molecule has 1 N–H and O–H groups in total. The molecule has 0 bridgehead atoms. The maximum atomic E-state index is 6.19. The van der Waals surface area contributed by atoms with E-state index in [2.05, 4.69) is 9.88 Å². The second-order valence-electron chi connectivity index (χ2n) is 6.36. The number of hydrogen-bond donors (Lipinski definition) is 1. The van der Waals surface area contributed by atoms with Crippen LogP contribution in [0.3, 0.4) is 0 Å². The third-order valence-corrected chi connectivity index (χ3v) is 5.89. The fourth-order valence-electron chi connectivity index (χ4n) is 3.02. The van der Waals surface area contributed by atoms with Crippen molar-refractivity contribution in [3.05, 3.63) is 91.9 Å². The Labute approximate surface area is 182 Å². The summed E-state index contributed by atoms with van der Waals surface area (Å²) in [6.45, 7) is 1.18. The van der Waals surface area contributed by atoms with Gasteiger partial charge in [0.1, 0.15) is 0 Å². The second-order valence-corrected chi connectivity index (χ2v) is 7.99. The van der Waals surface area contributed by atoms with Crippen molar-refractivity contribution in [2.24, 2.45) is 0 Å². The van der Waals surface area contributed by atoms with Crippen molar-refractivity contribution < 1.29 is 0 Å². The van der Waals surface area contributed by atoms with Crippen LogP contribution in [-0.4, -0.2) is 9.55 Å². The Hall–Kier alpha value is -1.91. The number of anilines is 1. The quantitative estimate of drug-likeness (QED) is 0.345. The fraction of sp³-hybridized carbons (Fsp3) is 0.0952. The number of fused-ring (bicyclic) bond motifs is 1. The molecule has 7 heteroatoms. The van der Waals surface area contributed by atoms with Crippen LogP contribution in [0.1, 0.15) is 11.1 Å². The normalized spacial score (nSPS) is 11.1. The van der Waals surface area contributed by atoms with Gasteiger partial charge >= 0.3 is 0 Å². The van der Waals surface area contributed by atoms with Crippen LogP contribution in [-0.2, 0) is 13.1 Å². The molecule has 0 aliphatic rings. The van der Waals surface area contributed by atoms with Gasteiger partial charge in [0, 0.05) is 6.54 Å². The highest BCUT2D eigenvalue weighted by atomic mass is 35.5. The van der Waals surface area contributed by atoms with Gasteiger partial charge in [0.25, 0.3) is 0 Å². The van der Waals surface area contributed by atoms with Crippen LogP contribution < -0.4 is 5.32 Å².